The zero-order chi connectivity index (χ0) is 26.5. The monoisotopic (exact) mass is 602 g/mol. The van der Waals surface area contributed by atoms with Crippen LogP contribution in [0.1, 0.15) is 36.7 Å². The molecule has 1 heterocycles. The van der Waals surface area contributed by atoms with E-state index >= 15 is 0 Å². The van der Waals surface area contributed by atoms with Crippen molar-refractivity contribution < 1.29 is 9.66 Å². The number of halogens is 3. The molecule has 0 aliphatic heterocycles. The Labute approximate surface area is 230 Å². The van der Waals surface area contributed by atoms with Gasteiger partial charge in [-0.25, -0.2) is 4.98 Å². The van der Waals surface area contributed by atoms with Gasteiger partial charge in [-0.15, -0.1) is 0 Å². The maximum atomic E-state index is 13.3. The van der Waals surface area contributed by atoms with Gasteiger partial charge < -0.3 is 4.74 Å². The molecule has 0 N–H and O–H groups in total. The third kappa shape index (κ3) is 6.18. The van der Waals surface area contributed by atoms with E-state index in [4.69, 9.17) is 27.9 Å². The number of rotatable bonds is 9. The average molecular weight is 604 g/mol. The first kappa shape index (κ1) is 26.8. The predicted molar refractivity (Wildman–Crippen MR) is 149 cm³/mol. The van der Waals surface area contributed by atoms with E-state index in [9.17, 15) is 14.9 Å². The van der Waals surface area contributed by atoms with Crippen molar-refractivity contribution in [3.8, 4) is 5.75 Å². The first-order valence-electron chi connectivity index (χ1n) is 11.4. The molecule has 0 saturated carbocycles. The van der Waals surface area contributed by atoms with Crippen LogP contribution < -0.4 is 10.3 Å². The van der Waals surface area contributed by atoms with Crippen molar-refractivity contribution in [3.05, 3.63) is 107 Å². The lowest BCUT2D eigenvalue weighted by Crippen LogP contribution is -2.22. The normalized spacial score (nSPS) is 11.4. The van der Waals surface area contributed by atoms with Gasteiger partial charge in [-0.2, -0.15) is 9.78 Å². The third-order valence-corrected chi connectivity index (χ3v) is 6.76. The van der Waals surface area contributed by atoms with Gasteiger partial charge >= 0.3 is 5.69 Å². The number of hydrogen-bond acceptors (Lipinski definition) is 6. The molecular weight excluding hydrogens is 583 g/mol. The van der Waals surface area contributed by atoms with Gasteiger partial charge in [0.25, 0.3) is 5.56 Å². The molecule has 37 heavy (non-hydrogen) atoms. The molecule has 1 aromatic heterocycles. The number of ether oxygens (including phenoxy) is 1. The second kappa shape index (κ2) is 11.9. The molecular formula is C26H21BrCl2N4O4. The summed E-state index contributed by atoms with van der Waals surface area (Å²) in [6.07, 6.45) is 3.65. The van der Waals surface area contributed by atoms with Crippen molar-refractivity contribution in [3.63, 3.8) is 0 Å². The van der Waals surface area contributed by atoms with E-state index in [1.54, 1.807) is 36.4 Å². The molecule has 0 saturated heterocycles. The lowest BCUT2D eigenvalue weighted by molar-refractivity contribution is -0.385. The van der Waals surface area contributed by atoms with E-state index in [1.807, 2.05) is 13.0 Å². The number of para-hydroxylation sites is 1. The predicted octanol–water partition coefficient (Wildman–Crippen LogP) is 7.18. The lowest BCUT2D eigenvalue weighted by Gasteiger charge is -2.11. The Balaban J connectivity index is 1.76. The summed E-state index contributed by atoms with van der Waals surface area (Å²) in [5, 5.41) is 17.3. The average Bonchev–Trinajstić information content (AvgIpc) is 2.88. The highest BCUT2D eigenvalue weighted by Gasteiger charge is 2.19. The summed E-state index contributed by atoms with van der Waals surface area (Å²) in [4.78, 5) is 29.2. The Morgan fingerprint density at radius 3 is 2.70 bits per heavy atom. The summed E-state index contributed by atoms with van der Waals surface area (Å²) in [5.41, 5.74) is 1.02. The molecule has 4 aromatic rings. The zero-order valence-electron chi connectivity index (χ0n) is 19.7. The van der Waals surface area contributed by atoms with E-state index in [0.717, 1.165) is 17.3 Å². The van der Waals surface area contributed by atoms with E-state index < -0.39 is 4.92 Å². The molecule has 0 amide bonds. The number of nitro benzene ring substituents is 1. The van der Waals surface area contributed by atoms with Crippen LogP contribution in [-0.2, 0) is 13.0 Å². The standard InChI is InChI=1S/C26H21BrCl2N4O4/c1-2-3-7-24-31-22-11-9-18(27)13-19(22)26(34)32(24)30-14-17-5-4-6-23(33(35)36)25(17)37-15-16-8-10-20(28)21(29)12-16/h4-6,8-14H,2-3,7,15H2,1H3. The van der Waals surface area contributed by atoms with E-state index in [-0.39, 0.29) is 23.6 Å². The summed E-state index contributed by atoms with van der Waals surface area (Å²) >= 11 is 15.5. The highest BCUT2D eigenvalue weighted by molar-refractivity contribution is 9.10. The summed E-state index contributed by atoms with van der Waals surface area (Å²) in [6, 6.07) is 14.8. The van der Waals surface area contributed by atoms with E-state index in [1.165, 1.54) is 23.0 Å². The van der Waals surface area contributed by atoms with Crippen LogP contribution in [0.3, 0.4) is 0 Å². The van der Waals surface area contributed by atoms with Gasteiger partial charge in [0, 0.05) is 22.5 Å². The maximum absolute atomic E-state index is 13.3. The SMILES string of the molecule is CCCCc1nc2ccc(Br)cc2c(=O)n1N=Cc1cccc([N+](=O)[O-])c1OCc1ccc(Cl)c(Cl)c1. The van der Waals surface area contributed by atoms with Gasteiger partial charge in [0.2, 0.25) is 5.75 Å². The Morgan fingerprint density at radius 2 is 1.97 bits per heavy atom. The smallest absolute Gasteiger partial charge is 0.311 e. The molecule has 8 nitrogen and oxygen atoms in total. The molecule has 190 valence electrons. The summed E-state index contributed by atoms with van der Waals surface area (Å²) in [5.74, 6) is 0.517. The van der Waals surface area contributed by atoms with Crippen molar-refractivity contribution in [1.29, 1.82) is 0 Å². The molecule has 0 unspecified atom stereocenters. The van der Waals surface area contributed by atoms with Crippen LogP contribution in [-0.4, -0.2) is 20.8 Å². The Bertz CT molecular complexity index is 1570. The fraction of sp³-hybridized carbons (Fsp3) is 0.192. The van der Waals surface area contributed by atoms with E-state index in [0.29, 0.717) is 44.3 Å². The molecule has 0 aliphatic rings. The van der Waals surface area contributed by atoms with Crippen LogP contribution >= 0.6 is 39.1 Å². The number of aryl methyl sites for hydroxylation is 1. The Kier molecular flexibility index (Phi) is 8.58. The molecule has 0 atom stereocenters. The van der Waals surface area contributed by atoms with Gasteiger partial charge in [0.15, 0.2) is 0 Å². The number of unbranched alkanes of at least 4 members (excludes halogenated alkanes) is 1. The van der Waals surface area contributed by atoms with Crippen molar-refractivity contribution >= 4 is 61.9 Å². The van der Waals surface area contributed by atoms with Crippen LogP contribution in [0.25, 0.3) is 10.9 Å². The molecule has 11 heteroatoms. The maximum Gasteiger partial charge on any atom is 0.311 e. The number of aromatic nitrogens is 2. The van der Waals surface area contributed by atoms with Crippen molar-refractivity contribution in [2.45, 2.75) is 32.8 Å². The second-order valence-electron chi connectivity index (χ2n) is 8.14. The van der Waals surface area contributed by atoms with Gasteiger partial charge in [-0.05, 0) is 48.4 Å². The van der Waals surface area contributed by atoms with Crippen LogP contribution in [0.2, 0.25) is 10.0 Å². The summed E-state index contributed by atoms with van der Waals surface area (Å²) < 4.78 is 7.85. The molecule has 0 spiro atoms. The minimum Gasteiger partial charge on any atom is -0.481 e. The quantitative estimate of drug-likeness (QED) is 0.115. The first-order valence-corrected chi connectivity index (χ1v) is 12.9. The van der Waals surface area contributed by atoms with Crippen molar-refractivity contribution in [2.75, 3.05) is 0 Å². The number of nitro groups is 1. The van der Waals surface area contributed by atoms with Crippen LogP contribution in [0.5, 0.6) is 5.75 Å². The van der Waals surface area contributed by atoms with Crippen molar-refractivity contribution in [2.24, 2.45) is 5.10 Å². The molecule has 0 bridgehead atoms. The largest absolute Gasteiger partial charge is 0.481 e. The van der Waals surface area contributed by atoms with Crippen LogP contribution in [0.15, 0.2) is 69.0 Å². The third-order valence-electron chi connectivity index (χ3n) is 5.53. The Morgan fingerprint density at radius 1 is 1.16 bits per heavy atom. The Hall–Kier alpha value is -3.27. The van der Waals surface area contributed by atoms with Gasteiger partial charge in [-0.1, -0.05) is 64.6 Å². The number of hydrogen-bond donors (Lipinski definition) is 0. The summed E-state index contributed by atoms with van der Waals surface area (Å²) in [6.45, 7) is 2.06. The molecule has 0 radical (unpaired) electrons. The minimum absolute atomic E-state index is 0.00976. The highest BCUT2D eigenvalue weighted by Crippen LogP contribution is 2.31. The first-order chi connectivity index (χ1) is 17.8. The van der Waals surface area contributed by atoms with Crippen LogP contribution in [0, 0.1) is 10.1 Å². The topological polar surface area (TPSA) is 99.6 Å². The van der Waals surface area contributed by atoms with Gasteiger partial charge in [0.05, 0.1) is 32.1 Å². The van der Waals surface area contributed by atoms with E-state index in [2.05, 4.69) is 26.0 Å². The molecule has 0 fully saturated rings. The van der Waals surface area contributed by atoms with Gasteiger partial charge in [-0.3, -0.25) is 14.9 Å². The minimum atomic E-state index is -0.532. The molecule has 4 rings (SSSR count). The molecule has 0 aliphatic carbocycles. The lowest BCUT2D eigenvalue weighted by atomic mass is 10.2. The van der Waals surface area contributed by atoms with Gasteiger partial charge in [0.1, 0.15) is 12.4 Å². The second-order valence-corrected chi connectivity index (χ2v) is 9.87. The number of fused-ring (bicyclic) bond motifs is 1. The highest BCUT2D eigenvalue weighted by atomic mass is 79.9. The van der Waals surface area contributed by atoms with Crippen molar-refractivity contribution in [1.82, 2.24) is 9.66 Å². The zero-order valence-corrected chi connectivity index (χ0v) is 22.8. The number of nitrogens with zero attached hydrogens (tertiary/aromatic N) is 4. The number of benzene rings is 3. The van der Waals surface area contributed by atoms with Crippen LogP contribution in [0.4, 0.5) is 5.69 Å². The summed E-state index contributed by atoms with van der Waals surface area (Å²) in [7, 11) is 0. The fourth-order valence-electron chi connectivity index (χ4n) is 3.66. The fourth-order valence-corrected chi connectivity index (χ4v) is 4.34. The molecule has 3 aromatic carbocycles.